The fourth-order valence-electron chi connectivity index (χ4n) is 2.58. The Morgan fingerprint density at radius 3 is 2.46 bits per heavy atom. The second-order valence-corrected chi connectivity index (χ2v) is 6.17. The number of nitrogens with one attached hydrogen (secondary N) is 2. The van der Waals surface area contributed by atoms with Crippen molar-refractivity contribution in [2.45, 2.75) is 13.8 Å². The van der Waals surface area contributed by atoms with Crippen LogP contribution in [0.25, 0.3) is 11.3 Å². The summed E-state index contributed by atoms with van der Waals surface area (Å²) in [5, 5.41) is 6.61. The minimum atomic E-state index is 0.578. The molecular formula is C21H24N4O. The number of benzene rings is 2. The molecule has 0 saturated carbocycles. The minimum Gasteiger partial charge on any atom is -0.383 e. The number of nitrogens with zero attached hydrogens (tertiary/aromatic N) is 2. The fourth-order valence-corrected chi connectivity index (χ4v) is 2.58. The fraction of sp³-hybridized carbons (Fsp3) is 0.238. The molecule has 1 aromatic heterocycles. The molecule has 0 bridgehead atoms. The molecule has 1 heterocycles. The van der Waals surface area contributed by atoms with Crippen molar-refractivity contribution in [3.05, 3.63) is 65.7 Å². The highest BCUT2D eigenvalue weighted by Crippen LogP contribution is 2.24. The van der Waals surface area contributed by atoms with Crippen LogP contribution in [-0.4, -0.2) is 30.2 Å². The van der Waals surface area contributed by atoms with Gasteiger partial charge in [0.15, 0.2) is 0 Å². The van der Waals surface area contributed by atoms with Gasteiger partial charge in [0.25, 0.3) is 0 Å². The Morgan fingerprint density at radius 1 is 0.923 bits per heavy atom. The highest BCUT2D eigenvalue weighted by molar-refractivity contribution is 5.67. The van der Waals surface area contributed by atoms with Crippen molar-refractivity contribution in [3.8, 4) is 11.3 Å². The van der Waals surface area contributed by atoms with Gasteiger partial charge in [-0.25, -0.2) is 4.98 Å². The molecule has 0 unspecified atom stereocenters. The van der Waals surface area contributed by atoms with E-state index in [1.807, 2.05) is 36.4 Å². The number of rotatable bonds is 7. The molecule has 0 spiro atoms. The molecule has 0 amide bonds. The minimum absolute atomic E-state index is 0.578. The molecule has 2 aromatic carbocycles. The number of hydrogen-bond acceptors (Lipinski definition) is 5. The largest absolute Gasteiger partial charge is 0.383 e. The van der Waals surface area contributed by atoms with E-state index in [2.05, 4.69) is 52.6 Å². The standard InChI is InChI=1S/C21H24N4O/c1-15-9-10-18(13-16(15)2)23-20-14-19(17-7-5-4-6-8-17)24-21(25-20)22-11-12-26-3/h4-10,13-14H,11-12H2,1-3H3,(H2,22,23,24,25). The van der Waals surface area contributed by atoms with E-state index in [1.165, 1.54) is 11.1 Å². The Labute approximate surface area is 154 Å². The maximum atomic E-state index is 5.10. The topological polar surface area (TPSA) is 59.1 Å². The van der Waals surface area contributed by atoms with E-state index in [1.54, 1.807) is 7.11 Å². The molecule has 26 heavy (non-hydrogen) atoms. The normalized spacial score (nSPS) is 10.6. The summed E-state index contributed by atoms with van der Waals surface area (Å²) in [5.74, 6) is 1.33. The first-order valence-electron chi connectivity index (χ1n) is 8.67. The Bertz CT molecular complexity index is 865. The van der Waals surface area contributed by atoms with Crippen molar-refractivity contribution >= 4 is 17.5 Å². The molecule has 0 aliphatic rings. The van der Waals surface area contributed by atoms with Gasteiger partial charge in [-0.1, -0.05) is 36.4 Å². The van der Waals surface area contributed by atoms with E-state index >= 15 is 0 Å². The summed E-state index contributed by atoms with van der Waals surface area (Å²) >= 11 is 0. The van der Waals surface area contributed by atoms with E-state index in [9.17, 15) is 0 Å². The maximum Gasteiger partial charge on any atom is 0.225 e. The lowest BCUT2D eigenvalue weighted by atomic mass is 10.1. The smallest absolute Gasteiger partial charge is 0.225 e. The summed E-state index contributed by atoms with van der Waals surface area (Å²) in [6.45, 7) is 5.46. The molecule has 0 radical (unpaired) electrons. The van der Waals surface area contributed by atoms with Crippen molar-refractivity contribution in [1.82, 2.24) is 9.97 Å². The van der Waals surface area contributed by atoms with Crippen LogP contribution in [0.2, 0.25) is 0 Å². The summed E-state index contributed by atoms with van der Waals surface area (Å²) in [6, 6.07) is 18.3. The van der Waals surface area contributed by atoms with Crippen LogP contribution in [0.1, 0.15) is 11.1 Å². The molecule has 134 valence electrons. The Balaban J connectivity index is 1.91. The molecule has 0 atom stereocenters. The van der Waals surface area contributed by atoms with Crippen LogP contribution < -0.4 is 10.6 Å². The Morgan fingerprint density at radius 2 is 1.73 bits per heavy atom. The third-order valence-electron chi connectivity index (χ3n) is 4.16. The lowest BCUT2D eigenvalue weighted by Gasteiger charge is -2.12. The zero-order valence-corrected chi connectivity index (χ0v) is 15.4. The van der Waals surface area contributed by atoms with E-state index in [4.69, 9.17) is 4.74 Å². The van der Waals surface area contributed by atoms with Gasteiger partial charge in [0.05, 0.1) is 12.3 Å². The van der Waals surface area contributed by atoms with Crippen LogP contribution in [0.4, 0.5) is 17.5 Å². The van der Waals surface area contributed by atoms with Gasteiger partial charge in [-0.15, -0.1) is 0 Å². The van der Waals surface area contributed by atoms with E-state index in [0.29, 0.717) is 19.1 Å². The van der Waals surface area contributed by atoms with E-state index in [-0.39, 0.29) is 0 Å². The first-order valence-corrected chi connectivity index (χ1v) is 8.67. The van der Waals surface area contributed by atoms with Gasteiger partial charge < -0.3 is 15.4 Å². The van der Waals surface area contributed by atoms with E-state index in [0.717, 1.165) is 22.8 Å². The van der Waals surface area contributed by atoms with Crippen molar-refractivity contribution in [1.29, 1.82) is 0 Å². The van der Waals surface area contributed by atoms with Gasteiger partial charge in [0.2, 0.25) is 5.95 Å². The molecule has 5 heteroatoms. The zero-order chi connectivity index (χ0) is 18.4. The van der Waals surface area contributed by atoms with Gasteiger partial charge in [-0.05, 0) is 37.1 Å². The summed E-state index contributed by atoms with van der Waals surface area (Å²) in [5.41, 5.74) is 5.43. The molecular weight excluding hydrogens is 324 g/mol. The highest BCUT2D eigenvalue weighted by atomic mass is 16.5. The Hall–Kier alpha value is -2.92. The molecule has 2 N–H and O–H groups in total. The van der Waals surface area contributed by atoms with Gasteiger partial charge >= 0.3 is 0 Å². The molecule has 0 aliphatic heterocycles. The predicted molar refractivity (Wildman–Crippen MR) is 107 cm³/mol. The van der Waals surface area contributed by atoms with Crippen molar-refractivity contribution < 1.29 is 4.74 Å². The van der Waals surface area contributed by atoms with Gasteiger partial charge in [-0.3, -0.25) is 0 Å². The number of anilines is 3. The van der Waals surface area contributed by atoms with Crippen LogP contribution in [0.15, 0.2) is 54.6 Å². The van der Waals surface area contributed by atoms with Crippen LogP contribution in [0.5, 0.6) is 0 Å². The Kier molecular flexibility index (Phi) is 5.81. The van der Waals surface area contributed by atoms with Gasteiger partial charge in [0, 0.05) is 31.0 Å². The average molecular weight is 348 g/mol. The maximum absolute atomic E-state index is 5.10. The van der Waals surface area contributed by atoms with Crippen molar-refractivity contribution in [2.24, 2.45) is 0 Å². The first kappa shape index (κ1) is 17.9. The first-order chi connectivity index (χ1) is 12.7. The number of aryl methyl sites for hydroxylation is 2. The molecule has 0 saturated heterocycles. The number of methoxy groups -OCH3 is 1. The third-order valence-corrected chi connectivity index (χ3v) is 4.16. The molecule has 3 rings (SSSR count). The van der Waals surface area contributed by atoms with E-state index < -0.39 is 0 Å². The van der Waals surface area contributed by atoms with Crippen LogP contribution >= 0.6 is 0 Å². The summed E-state index contributed by atoms with van der Waals surface area (Å²) in [6.07, 6.45) is 0. The summed E-state index contributed by atoms with van der Waals surface area (Å²) in [7, 11) is 1.68. The lowest BCUT2D eigenvalue weighted by Crippen LogP contribution is -2.11. The van der Waals surface area contributed by atoms with Crippen LogP contribution in [-0.2, 0) is 4.74 Å². The van der Waals surface area contributed by atoms with Gasteiger partial charge in [0.1, 0.15) is 5.82 Å². The second kappa shape index (κ2) is 8.45. The highest BCUT2D eigenvalue weighted by Gasteiger charge is 2.07. The number of aromatic nitrogens is 2. The number of hydrogen-bond donors (Lipinski definition) is 2. The van der Waals surface area contributed by atoms with Crippen LogP contribution in [0.3, 0.4) is 0 Å². The van der Waals surface area contributed by atoms with Crippen molar-refractivity contribution in [2.75, 3.05) is 30.9 Å². The van der Waals surface area contributed by atoms with Crippen molar-refractivity contribution in [3.63, 3.8) is 0 Å². The third kappa shape index (κ3) is 4.58. The molecule has 0 aliphatic carbocycles. The van der Waals surface area contributed by atoms with Gasteiger partial charge in [-0.2, -0.15) is 4.98 Å². The van der Waals surface area contributed by atoms with Crippen LogP contribution in [0, 0.1) is 13.8 Å². The molecule has 5 nitrogen and oxygen atoms in total. The summed E-state index contributed by atoms with van der Waals surface area (Å²) in [4.78, 5) is 9.22. The molecule has 0 fully saturated rings. The number of ether oxygens (including phenoxy) is 1. The SMILES string of the molecule is COCCNc1nc(Nc2ccc(C)c(C)c2)cc(-c2ccccc2)n1. The predicted octanol–water partition coefficient (Wildman–Crippen LogP) is 4.56. The lowest BCUT2D eigenvalue weighted by molar-refractivity contribution is 0.210. The monoisotopic (exact) mass is 348 g/mol. The quantitative estimate of drug-likeness (QED) is 0.613. The molecule has 3 aromatic rings. The summed E-state index contributed by atoms with van der Waals surface area (Å²) < 4.78 is 5.10. The zero-order valence-electron chi connectivity index (χ0n) is 15.4. The average Bonchev–Trinajstić information content (AvgIpc) is 2.66. The second-order valence-electron chi connectivity index (χ2n) is 6.17.